The van der Waals surface area contributed by atoms with Gasteiger partial charge in [-0.1, -0.05) is 18.2 Å². The van der Waals surface area contributed by atoms with E-state index in [0.717, 1.165) is 0 Å². The summed E-state index contributed by atoms with van der Waals surface area (Å²) in [6, 6.07) is 8.31. The van der Waals surface area contributed by atoms with Crippen LogP contribution in [-0.2, 0) is 0 Å². The van der Waals surface area contributed by atoms with Gasteiger partial charge in [0.05, 0.1) is 0 Å². The number of para-hydroxylation sites is 1. The first-order chi connectivity index (χ1) is 4.88. The van der Waals surface area contributed by atoms with Crippen molar-refractivity contribution in [2.24, 2.45) is 0 Å². The molecule has 2 rings (SSSR count). The van der Waals surface area contributed by atoms with Crippen LogP contribution in [0.3, 0.4) is 0 Å². The molecule has 2 heteroatoms. The highest BCUT2D eigenvalue weighted by molar-refractivity contribution is 7.59. The topological polar surface area (TPSA) is 15.8 Å². The molecular weight excluding hydrogens is 154 g/mol. The van der Waals surface area contributed by atoms with Gasteiger partial charge in [0.2, 0.25) is 0 Å². The second-order valence-corrected chi connectivity index (χ2v) is 2.52. The Bertz CT molecular complexity index is 351. The Kier molecular flexibility index (Phi) is 2.25. The first-order valence-electron chi connectivity index (χ1n) is 3.40. The Labute approximate surface area is 72.9 Å². The number of hydrogen-bond donors (Lipinski definition) is 1. The highest BCUT2D eigenvalue weighted by Crippen LogP contribution is 2.15. The van der Waals surface area contributed by atoms with E-state index in [2.05, 4.69) is 30.1 Å². The summed E-state index contributed by atoms with van der Waals surface area (Å²) < 4.78 is 0. The maximum atomic E-state index is 3.19. The Hall–Kier alpha value is -0.890. The monoisotopic (exact) mass is 165 g/mol. The predicted octanol–water partition coefficient (Wildman–Crippen LogP) is 2.59. The van der Waals surface area contributed by atoms with Gasteiger partial charge in [-0.05, 0) is 18.6 Å². The van der Waals surface area contributed by atoms with Gasteiger partial charge in [0, 0.05) is 17.1 Å². The first kappa shape index (κ1) is 8.21. The average molecular weight is 165 g/mol. The van der Waals surface area contributed by atoms with Crippen molar-refractivity contribution in [1.82, 2.24) is 4.98 Å². The second kappa shape index (κ2) is 3.01. The fourth-order valence-electron chi connectivity index (χ4n) is 1.22. The largest absolute Gasteiger partial charge is 0.361 e. The second-order valence-electron chi connectivity index (χ2n) is 2.52. The summed E-state index contributed by atoms with van der Waals surface area (Å²) in [6.45, 7) is 2.11. The van der Waals surface area contributed by atoms with E-state index < -0.39 is 0 Å². The molecule has 1 heterocycles. The van der Waals surface area contributed by atoms with Crippen LogP contribution in [0.15, 0.2) is 30.5 Å². The van der Waals surface area contributed by atoms with Crippen molar-refractivity contribution in [3.8, 4) is 0 Å². The average Bonchev–Trinajstić information content (AvgIpc) is 2.34. The summed E-state index contributed by atoms with van der Waals surface area (Å²) in [5.74, 6) is 0. The van der Waals surface area contributed by atoms with Crippen LogP contribution in [0.5, 0.6) is 0 Å². The summed E-state index contributed by atoms with van der Waals surface area (Å²) in [4.78, 5) is 3.19. The van der Waals surface area contributed by atoms with Gasteiger partial charge in [0.25, 0.3) is 0 Å². The van der Waals surface area contributed by atoms with Gasteiger partial charge in [0.1, 0.15) is 0 Å². The molecule has 1 aromatic carbocycles. The Morgan fingerprint density at radius 1 is 1.18 bits per heavy atom. The molecule has 0 spiro atoms. The molecular formula is C9H11NS. The lowest BCUT2D eigenvalue weighted by Gasteiger charge is -1.86. The van der Waals surface area contributed by atoms with E-state index >= 15 is 0 Å². The normalized spacial score (nSPS) is 9.55. The quantitative estimate of drug-likeness (QED) is 0.617. The van der Waals surface area contributed by atoms with Gasteiger partial charge in [-0.15, -0.1) is 0 Å². The van der Waals surface area contributed by atoms with Crippen LogP contribution in [0.25, 0.3) is 10.9 Å². The molecule has 1 nitrogen and oxygen atoms in total. The molecule has 0 atom stereocenters. The van der Waals surface area contributed by atoms with E-state index in [0.29, 0.717) is 0 Å². The number of fused-ring (bicyclic) bond motifs is 1. The Balaban J connectivity index is 0.000000605. The molecule has 0 saturated carbocycles. The minimum atomic E-state index is 0. The summed E-state index contributed by atoms with van der Waals surface area (Å²) in [7, 11) is 0. The third-order valence-electron chi connectivity index (χ3n) is 1.80. The standard InChI is InChI=1S/C9H9N.H2S/c1-7-6-10-9-5-3-2-4-8(7)9;/h2-6,10H,1H3;1H2. The lowest BCUT2D eigenvalue weighted by Crippen LogP contribution is -1.64. The summed E-state index contributed by atoms with van der Waals surface area (Å²) in [5.41, 5.74) is 2.54. The van der Waals surface area contributed by atoms with Crippen LogP contribution >= 0.6 is 13.5 Å². The zero-order valence-electron chi connectivity index (χ0n) is 6.39. The zero-order valence-corrected chi connectivity index (χ0v) is 7.39. The van der Waals surface area contributed by atoms with Gasteiger partial charge >= 0.3 is 0 Å². The first-order valence-corrected chi connectivity index (χ1v) is 3.40. The van der Waals surface area contributed by atoms with Crippen LogP contribution in [0.4, 0.5) is 0 Å². The number of nitrogens with one attached hydrogen (secondary N) is 1. The maximum Gasteiger partial charge on any atom is 0.0456 e. The fraction of sp³-hybridized carbons (Fsp3) is 0.111. The van der Waals surface area contributed by atoms with E-state index in [1.807, 2.05) is 12.3 Å². The number of hydrogen-bond acceptors (Lipinski definition) is 0. The van der Waals surface area contributed by atoms with E-state index in [1.54, 1.807) is 0 Å². The molecule has 1 N–H and O–H groups in total. The maximum absolute atomic E-state index is 3.19. The molecule has 0 aliphatic rings. The van der Waals surface area contributed by atoms with Crippen molar-refractivity contribution in [2.75, 3.05) is 0 Å². The van der Waals surface area contributed by atoms with Crippen molar-refractivity contribution in [3.05, 3.63) is 36.0 Å². The molecule has 0 aliphatic carbocycles. The van der Waals surface area contributed by atoms with Crippen molar-refractivity contribution >= 4 is 24.4 Å². The van der Waals surface area contributed by atoms with Crippen LogP contribution < -0.4 is 0 Å². The summed E-state index contributed by atoms with van der Waals surface area (Å²) >= 11 is 0. The summed E-state index contributed by atoms with van der Waals surface area (Å²) in [6.07, 6.45) is 2.03. The van der Waals surface area contributed by atoms with E-state index in [-0.39, 0.29) is 13.5 Å². The molecule has 0 aliphatic heterocycles. The van der Waals surface area contributed by atoms with Gasteiger partial charge in [-0.2, -0.15) is 13.5 Å². The van der Waals surface area contributed by atoms with Crippen LogP contribution in [0.2, 0.25) is 0 Å². The molecule has 0 radical (unpaired) electrons. The van der Waals surface area contributed by atoms with E-state index in [1.165, 1.54) is 16.5 Å². The van der Waals surface area contributed by atoms with E-state index in [9.17, 15) is 0 Å². The van der Waals surface area contributed by atoms with Crippen LogP contribution in [0.1, 0.15) is 5.56 Å². The van der Waals surface area contributed by atoms with Gasteiger partial charge in [0.15, 0.2) is 0 Å². The fourth-order valence-corrected chi connectivity index (χ4v) is 1.22. The minimum absolute atomic E-state index is 0. The number of aromatic nitrogens is 1. The molecule has 2 aromatic rings. The molecule has 1 aromatic heterocycles. The highest BCUT2D eigenvalue weighted by Gasteiger charge is 1.94. The van der Waals surface area contributed by atoms with Crippen molar-refractivity contribution in [1.29, 1.82) is 0 Å². The van der Waals surface area contributed by atoms with Gasteiger partial charge < -0.3 is 4.98 Å². The number of rotatable bonds is 0. The molecule has 58 valence electrons. The minimum Gasteiger partial charge on any atom is -0.361 e. The van der Waals surface area contributed by atoms with Crippen LogP contribution in [0, 0.1) is 6.92 Å². The Morgan fingerprint density at radius 2 is 1.91 bits per heavy atom. The number of aromatic amines is 1. The SMILES string of the molecule is Cc1c[nH]c2ccccc12.S. The van der Waals surface area contributed by atoms with Crippen molar-refractivity contribution in [3.63, 3.8) is 0 Å². The number of aryl methyl sites for hydroxylation is 1. The third-order valence-corrected chi connectivity index (χ3v) is 1.80. The Morgan fingerprint density at radius 3 is 2.64 bits per heavy atom. The predicted molar refractivity (Wildman–Crippen MR) is 53.4 cm³/mol. The molecule has 0 bridgehead atoms. The van der Waals surface area contributed by atoms with Gasteiger partial charge in [-0.3, -0.25) is 0 Å². The lowest BCUT2D eigenvalue weighted by atomic mass is 10.2. The third kappa shape index (κ3) is 1.26. The lowest BCUT2D eigenvalue weighted by molar-refractivity contribution is 1.43. The van der Waals surface area contributed by atoms with Gasteiger partial charge in [-0.25, -0.2) is 0 Å². The zero-order chi connectivity index (χ0) is 6.97. The van der Waals surface area contributed by atoms with Crippen LogP contribution in [-0.4, -0.2) is 4.98 Å². The van der Waals surface area contributed by atoms with E-state index in [4.69, 9.17) is 0 Å². The van der Waals surface area contributed by atoms with Crippen molar-refractivity contribution in [2.45, 2.75) is 6.92 Å². The smallest absolute Gasteiger partial charge is 0.0456 e. The number of H-pyrrole nitrogens is 1. The molecule has 0 unspecified atom stereocenters. The highest BCUT2D eigenvalue weighted by atomic mass is 32.1. The summed E-state index contributed by atoms with van der Waals surface area (Å²) in [5, 5.41) is 1.32. The molecule has 11 heavy (non-hydrogen) atoms. The molecule has 0 fully saturated rings. The molecule has 0 amide bonds. The molecule has 0 saturated heterocycles. The number of benzene rings is 1. The van der Waals surface area contributed by atoms with Crippen molar-refractivity contribution < 1.29 is 0 Å².